The van der Waals surface area contributed by atoms with Crippen LogP contribution in [0, 0.1) is 11.8 Å². The Morgan fingerprint density at radius 2 is 2.44 bits per heavy atom. The molecule has 2 aliphatic rings. The number of fused-ring (bicyclic) bond motifs is 1. The lowest BCUT2D eigenvalue weighted by molar-refractivity contribution is -0.139. The van der Waals surface area contributed by atoms with Gasteiger partial charge in [-0.2, -0.15) is 0 Å². The maximum absolute atomic E-state index is 10.4. The Bertz CT molecular complexity index is 157. The first kappa shape index (κ1) is 5.23. The molecule has 1 aliphatic carbocycles. The minimum Gasteiger partial charge on any atom is -0.480 e. The molecule has 0 aromatic carbocycles. The number of aliphatic carboxylic acids is 1. The van der Waals surface area contributed by atoms with Crippen molar-refractivity contribution in [2.24, 2.45) is 11.8 Å². The van der Waals surface area contributed by atoms with Crippen molar-refractivity contribution in [3.05, 3.63) is 0 Å². The van der Waals surface area contributed by atoms with Gasteiger partial charge in [-0.25, -0.2) is 0 Å². The average molecular weight is 127 g/mol. The van der Waals surface area contributed by atoms with E-state index in [-0.39, 0.29) is 6.04 Å². The van der Waals surface area contributed by atoms with E-state index < -0.39 is 5.97 Å². The second-order valence-electron chi connectivity index (χ2n) is 2.88. The van der Waals surface area contributed by atoms with E-state index in [1.165, 1.54) is 0 Å². The number of piperidine rings is 1. The van der Waals surface area contributed by atoms with Gasteiger partial charge >= 0.3 is 5.97 Å². The largest absolute Gasteiger partial charge is 0.480 e. The van der Waals surface area contributed by atoms with Crippen LogP contribution in [-0.4, -0.2) is 23.7 Å². The highest BCUT2D eigenvalue weighted by Crippen LogP contribution is 2.44. The molecule has 0 bridgehead atoms. The Labute approximate surface area is 53.1 Å². The van der Waals surface area contributed by atoms with Gasteiger partial charge < -0.3 is 10.4 Å². The SMILES string of the molecule is O=C(O)[C@@H]1NCC2C[C@@H]21. The molecular formula is C6H9NO2. The summed E-state index contributed by atoms with van der Waals surface area (Å²) < 4.78 is 0. The summed E-state index contributed by atoms with van der Waals surface area (Å²) in [6, 6.07) is -0.227. The summed E-state index contributed by atoms with van der Waals surface area (Å²) in [5.41, 5.74) is 0. The number of hydrogen-bond acceptors (Lipinski definition) is 2. The highest BCUT2D eigenvalue weighted by atomic mass is 16.4. The molecule has 50 valence electrons. The number of carbonyl (C=O) groups is 1. The summed E-state index contributed by atoms with van der Waals surface area (Å²) >= 11 is 0. The predicted octanol–water partition coefficient (Wildman–Crippen LogP) is -0.321. The number of hydrogen-bond donors (Lipinski definition) is 2. The van der Waals surface area contributed by atoms with Gasteiger partial charge in [-0.15, -0.1) is 0 Å². The molecule has 0 aromatic heterocycles. The quantitative estimate of drug-likeness (QED) is 0.507. The van der Waals surface area contributed by atoms with Gasteiger partial charge in [0, 0.05) is 0 Å². The summed E-state index contributed by atoms with van der Waals surface area (Å²) in [6.45, 7) is 0.918. The Hall–Kier alpha value is -0.570. The summed E-state index contributed by atoms with van der Waals surface area (Å²) in [6.07, 6.45) is 1.13. The van der Waals surface area contributed by atoms with Crippen LogP contribution >= 0.6 is 0 Å². The van der Waals surface area contributed by atoms with Crippen LogP contribution in [0.5, 0.6) is 0 Å². The van der Waals surface area contributed by atoms with Crippen molar-refractivity contribution in [1.29, 1.82) is 0 Å². The molecule has 0 aromatic rings. The highest BCUT2D eigenvalue weighted by Gasteiger charge is 2.51. The minimum atomic E-state index is -0.681. The summed E-state index contributed by atoms with van der Waals surface area (Å²) in [7, 11) is 0. The maximum atomic E-state index is 10.4. The molecule has 0 spiro atoms. The van der Waals surface area contributed by atoms with Crippen LogP contribution in [0.15, 0.2) is 0 Å². The standard InChI is InChI=1S/C6H9NO2/c8-6(9)5-4-1-3(4)2-7-5/h3-5,7H,1-2H2,(H,8,9)/t3?,4-,5+/m0/s1. The van der Waals surface area contributed by atoms with E-state index in [0.717, 1.165) is 13.0 Å². The van der Waals surface area contributed by atoms with Crippen molar-refractivity contribution in [1.82, 2.24) is 5.32 Å². The van der Waals surface area contributed by atoms with Crippen LogP contribution in [0.2, 0.25) is 0 Å². The lowest BCUT2D eigenvalue weighted by Crippen LogP contribution is -2.34. The highest BCUT2D eigenvalue weighted by molar-refractivity contribution is 5.75. The number of nitrogens with one attached hydrogen (secondary N) is 1. The van der Waals surface area contributed by atoms with E-state index in [4.69, 9.17) is 5.11 Å². The number of carboxylic acid groups (broad SMARTS) is 1. The second kappa shape index (κ2) is 1.48. The van der Waals surface area contributed by atoms with Gasteiger partial charge in [-0.3, -0.25) is 4.79 Å². The molecule has 1 aliphatic heterocycles. The van der Waals surface area contributed by atoms with Gasteiger partial charge in [-0.05, 0) is 24.8 Å². The fourth-order valence-electron chi connectivity index (χ4n) is 1.61. The maximum Gasteiger partial charge on any atom is 0.320 e. The molecule has 3 heteroatoms. The van der Waals surface area contributed by atoms with E-state index in [0.29, 0.717) is 11.8 Å². The molecule has 2 rings (SSSR count). The lowest BCUT2D eigenvalue weighted by atomic mass is 10.2. The third kappa shape index (κ3) is 0.645. The zero-order valence-electron chi connectivity index (χ0n) is 5.00. The molecular weight excluding hydrogens is 118 g/mol. The molecule has 2 N–H and O–H groups in total. The van der Waals surface area contributed by atoms with Gasteiger partial charge in [0.05, 0.1) is 0 Å². The van der Waals surface area contributed by atoms with Crippen molar-refractivity contribution in [3.63, 3.8) is 0 Å². The number of rotatable bonds is 1. The fraction of sp³-hybridized carbons (Fsp3) is 0.833. The van der Waals surface area contributed by atoms with Gasteiger partial charge in [0.2, 0.25) is 0 Å². The van der Waals surface area contributed by atoms with Crippen LogP contribution in [-0.2, 0) is 4.79 Å². The Kier molecular flexibility index (Phi) is 0.858. The minimum absolute atomic E-state index is 0.227. The van der Waals surface area contributed by atoms with Crippen LogP contribution in [0.25, 0.3) is 0 Å². The summed E-state index contributed by atoms with van der Waals surface area (Å²) in [4.78, 5) is 10.4. The first-order chi connectivity index (χ1) is 4.29. The van der Waals surface area contributed by atoms with Crippen LogP contribution in [0.1, 0.15) is 6.42 Å². The molecule has 3 nitrogen and oxygen atoms in total. The monoisotopic (exact) mass is 127 g/mol. The average Bonchev–Trinajstić information content (AvgIpc) is 2.43. The molecule has 1 saturated heterocycles. The summed E-state index contributed by atoms with van der Waals surface area (Å²) in [5, 5.41) is 11.5. The summed E-state index contributed by atoms with van der Waals surface area (Å²) in [5.74, 6) is 0.466. The molecule has 9 heavy (non-hydrogen) atoms. The topological polar surface area (TPSA) is 49.3 Å². The molecule has 1 unspecified atom stereocenters. The van der Waals surface area contributed by atoms with E-state index in [2.05, 4.69) is 5.32 Å². The van der Waals surface area contributed by atoms with Crippen molar-refractivity contribution < 1.29 is 9.90 Å². The van der Waals surface area contributed by atoms with Gasteiger partial charge in [0.15, 0.2) is 0 Å². The van der Waals surface area contributed by atoms with Gasteiger partial charge in [0.1, 0.15) is 6.04 Å². The van der Waals surface area contributed by atoms with E-state index in [1.54, 1.807) is 0 Å². The lowest BCUT2D eigenvalue weighted by Gasteiger charge is -2.04. The Morgan fingerprint density at radius 3 is 2.67 bits per heavy atom. The Morgan fingerprint density at radius 1 is 1.67 bits per heavy atom. The van der Waals surface area contributed by atoms with E-state index in [1.807, 2.05) is 0 Å². The molecule has 0 radical (unpaired) electrons. The normalized spacial score (nSPS) is 46.4. The van der Waals surface area contributed by atoms with Crippen molar-refractivity contribution in [2.75, 3.05) is 6.54 Å². The van der Waals surface area contributed by atoms with E-state index >= 15 is 0 Å². The zero-order valence-corrected chi connectivity index (χ0v) is 5.00. The van der Waals surface area contributed by atoms with Gasteiger partial charge in [-0.1, -0.05) is 0 Å². The van der Waals surface area contributed by atoms with E-state index in [9.17, 15) is 4.79 Å². The molecule has 1 saturated carbocycles. The molecule has 3 atom stereocenters. The predicted molar refractivity (Wildman–Crippen MR) is 31.0 cm³/mol. The zero-order chi connectivity index (χ0) is 6.43. The van der Waals surface area contributed by atoms with Crippen LogP contribution < -0.4 is 5.32 Å². The molecule has 1 heterocycles. The third-order valence-corrected chi connectivity index (χ3v) is 2.27. The Balaban J connectivity index is 2.06. The van der Waals surface area contributed by atoms with Crippen molar-refractivity contribution >= 4 is 5.97 Å². The number of carboxylic acids is 1. The fourth-order valence-corrected chi connectivity index (χ4v) is 1.61. The first-order valence-corrected chi connectivity index (χ1v) is 3.25. The smallest absolute Gasteiger partial charge is 0.320 e. The van der Waals surface area contributed by atoms with Crippen molar-refractivity contribution in [2.45, 2.75) is 12.5 Å². The van der Waals surface area contributed by atoms with Crippen LogP contribution in [0.3, 0.4) is 0 Å². The van der Waals surface area contributed by atoms with Crippen molar-refractivity contribution in [3.8, 4) is 0 Å². The van der Waals surface area contributed by atoms with Gasteiger partial charge in [0.25, 0.3) is 0 Å². The second-order valence-corrected chi connectivity index (χ2v) is 2.88. The molecule has 2 fully saturated rings. The first-order valence-electron chi connectivity index (χ1n) is 3.25. The van der Waals surface area contributed by atoms with Crippen LogP contribution in [0.4, 0.5) is 0 Å². The third-order valence-electron chi connectivity index (χ3n) is 2.27. The molecule has 0 amide bonds.